The molecule has 0 aromatic heterocycles. The van der Waals surface area contributed by atoms with Crippen molar-refractivity contribution < 1.29 is 9.90 Å². The molecule has 1 amide bonds. The molecular formula is C14H21NO2. The lowest BCUT2D eigenvalue weighted by atomic mass is 10.1. The van der Waals surface area contributed by atoms with Gasteiger partial charge in [0.15, 0.2) is 0 Å². The lowest BCUT2D eigenvalue weighted by Gasteiger charge is -2.12. The molecule has 3 nitrogen and oxygen atoms in total. The predicted molar refractivity (Wildman–Crippen MR) is 68.6 cm³/mol. The number of carbonyl (C=O) groups is 1. The number of aliphatic hydroxyl groups excluding tert-OH is 1. The summed E-state index contributed by atoms with van der Waals surface area (Å²) in [5.41, 5.74) is 3.57. The Balaban J connectivity index is 2.55. The summed E-state index contributed by atoms with van der Waals surface area (Å²) in [5.74, 6) is -0.366. The van der Waals surface area contributed by atoms with Crippen LogP contribution in [0.1, 0.15) is 30.0 Å². The summed E-state index contributed by atoms with van der Waals surface area (Å²) in [6, 6.07) is 6.15. The highest BCUT2D eigenvalue weighted by atomic mass is 16.3. The lowest BCUT2D eigenvalue weighted by molar-refractivity contribution is -0.126. The minimum Gasteiger partial charge on any atom is -0.396 e. The lowest BCUT2D eigenvalue weighted by Crippen LogP contribution is -2.31. The van der Waals surface area contributed by atoms with Gasteiger partial charge < -0.3 is 10.4 Å². The molecule has 1 aromatic carbocycles. The number of hydrogen-bond donors (Lipinski definition) is 2. The molecule has 0 aliphatic carbocycles. The summed E-state index contributed by atoms with van der Waals surface area (Å²) < 4.78 is 0. The summed E-state index contributed by atoms with van der Waals surface area (Å²) in [7, 11) is 0. The van der Waals surface area contributed by atoms with Crippen molar-refractivity contribution in [3.63, 3.8) is 0 Å². The second kappa shape index (κ2) is 6.40. The van der Waals surface area contributed by atoms with Crippen molar-refractivity contribution >= 4 is 5.91 Å². The molecule has 0 bridgehead atoms. The fourth-order valence-corrected chi connectivity index (χ4v) is 1.64. The summed E-state index contributed by atoms with van der Waals surface area (Å²) in [6.07, 6.45) is 0.662. The highest BCUT2D eigenvalue weighted by Gasteiger charge is 2.14. The largest absolute Gasteiger partial charge is 0.396 e. The zero-order valence-electron chi connectivity index (χ0n) is 10.8. The third-order valence-electron chi connectivity index (χ3n) is 3.12. The second-order valence-electron chi connectivity index (χ2n) is 4.42. The van der Waals surface area contributed by atoms with E-state index in [1.165, 1.54) is 11.1 Å². The Morgan fingerprint density at radius 3 is 2.59 bits per heavy atom. The van der Waals surface area contributed by atoms with E-state index in [0.717, 1.165) is 5.56 Å². The Hall–Kier alpha value is -1.35. The number of carbonyl (C=O) groups excluding carboxylic acids is 1. The first-order valence-electron chi connectivity index (χ1n) is 6.03. The van der Waals surface area contributed by atoms with Gasteiger partial charge in [0, 0.05) is 6.54 Å². The second-order valence-corrected chi connectivity index (χ2v) is 4.42. The highest BCUT2D eigenvalue weighted by Crippen LogP contribution is 2.10. The molecule has 1 unspecified atom stereocenters. The van der Waals surface area contributed by atoms with Gasteiger partial charge in [-0.3, -0.25) is 4.79 Å². The standard InChI is InChI=1S/C14H21NO2/c1-4-13(9-16)14(17)15-8-12-6-5-10(2)11(3)7-12/h5-7,13,16H,4,8-9H2,1-3H3,(H,15,17). The third kappa shape index (κ3) is 3.86. The minimum atomic E-state index is -0.290. The van der Waals surface area contributed by atoms with E-state index in [2.05, 4.69) is 31.3 Å². The molecule has 1 aromatic rings. The number of amides is 1. The zero-order valence-corrected chi connectivity index (χ0v) is 10.8. The molecule has 0 fully saturated rings. The van der Waals surface area contributed by atoms with Gasteiger partial charge in [0.05, 0.1) is 12.5 Å². The number of aliphatic hydroxyl groups is 1. The number of hydrogen-bond acceptors (Lipinski definition) is 2. The molecule has 0 aliphatic heterocycles. The Kier molecular flexibility index (Phi) is 5.16. The fourth-order valence-electron chi connectivity index (χ4n) is 1.64. The van der Waals surface area contributed by atoms with Crippen molar-refractivity contribution in [2.45, 2.75) is 33.7 Å². The van der Waals surface area contributed by atoms with Crippen LogP contribution in [-0.4, -0.2) is 17.6 Å². The Labute approximate surface area is 103 Å². The van der Waals surface area contributed by atoms with Crippen molar-refractivity contribution in [1.29, 1.82) is 0 Å². The van der Waals surface area contributed by atoms with Crippen molar-refractivity contribution in [2.75, 3.05) is 6.61 Å². The maximum atomic E-state index is 11.7. The summed E-state index contributed by atoms with van der Waals surface area (Å²) >= 11 is 0. The van der Waals surface area contributed by atoms with E-state index in [1.54, 1.807) is 0 Å². The van der Waals surface area contributed by atoms with Crippen LogP contribution >= 0.6 is 0 Å². The van der Waals surface area contributed by atoms with Gasteiger partial charge in [0.1, 0.15) is 0 Å². The Morgan fingerprint density at radius 1 is 1.35 bits per heavy atom. The van der Waals surface area contributed by atoms with Crippen LogP contribution in [0, 0.1) is 19.8 Å². The third-order valence-corrected chi connectivity index (χ3v) is 3.12. The first kappa shape index (κ1) is 13.7. The molecule has 1 atom stereocenters. The van der Waals surface area contributed by atoms with Crippen LogP contribution in [0.15, 0.2) is 18.2 Å². The van der Waals surface area contributed by atoms with E-state index in [4.69, 9.17) is 5.11 Å². The molecule has 0 saturated heterocycles. The van der Waals surface area contributed by atoms with Gasteiger partial charge in [-0.1, -0.05) is 25.1 Å². The van der Waals surface area contributed by atoms with Gasteiger partial charge >= 0.3 is 0 Å². The van der Waals surface area contributed by atoms with E-state index >= 15 is 0 Å². The molecule has 2 N–H and O–H groups in total. The molecule has 0 aliphatic rings. The summed E-state index contributed by atoms with van der Waals surface area (Å²) in [6.45, 7) is 6.46. The van der Waals surface area contributed by atoms with Crippen molar-refractivity contribution in [1.82, 2.24) is 5.32 Å². The first-order chi connectivity index (χ1) is 8.08. The van der Waals surface area contributed by atoms with Gasteiger partial charge in [-0.05, 0) is 37.0 Å². The average Bonchev–Trinajstić information content (AvgIpc) is 2.32. The maximum Gasteiger partial charge on any atom is 0.225 e. The summed E-state index contributed by atoms with van der Waals surface area (Å²) in [4.78, 5) is 11.7. The molecule has 3 heteroatoms. The van der Waals surface area contributed by atoms with E-state index in [0.29, 0.717) is 13.0 Å². The quantitative estimate of drug-likeness (QED) is 0.819. The van der Waals surface area contributed by atoms with E-state index in [9.17, 15) is 4.79 Å². The molecule has 17 heavy (non-hydrogen) atoms. The number of rotatable bonds is 5. The maximum absolute atomic E-state index is 11.7. The molecule has 0 spiro atoms. The Bertz CT molecular complexity index is 384. The molecule has 0 radical (unpaired) electrons. The average molecular weight is 235 g/mol. The van der Waals surface area contributed by atoms with Crippen molar-refractivity contribution in [3.8, 4) is 0 Å². The topological polar surface area (TPSA) is 49.3 Å². The van der Waals surface area contributed by atoms with E-state index in [1.807, 2.05) is 13.0 Å². The predicted octanol–water partition coefficient (Wildman–Crippen LogP) is 1.94. The van der Waals surface area contributed by atoms with Crippen LogP contribution in [0.3, 0.4) is 0 Å². The Morgan fingerprint density at radius 2 is 2.06 bits per heavy atom. The van der Waals surface area contributed by atoms with Crippen LogP contribution in [-0.2, 0) is 11.3 Å². The summed E-state index contributed by atoms with van der Waals surface area (Å²) in [5, 5.41) is 11.9. The van der Waals surface area contributed by atoms with Gasteiger partial charge in [-0.25, -0.2) is 0 Å². The molecule has 1 rings (SSSR count). The normalized spacial score (nSPS) is 12.2. The van der Waals surface area contributed by atoms with E-state index < -0.39 is 0 Å². The highest BCUT2D eigenvalue weighted by molar-refractivity contribution is 5.78. The number of nitrogens with one attached hydrogen (secondary N) is 1. The van der Waals surface area contributed by atoms with Gasteiger partial charge in [0.2, 0.25) is 5.91 Å². The van der Waals surface area contributed by atoms with E-state index in [-0.39, 0.29) is 18.4 Å². The van der Waals surface area contributed by atoms with Gasteiger partial charge in [0.25, 0.3) is 0 Å². The molecule has 94 valence electrons. The first-order valence-corrected chi connectivity index (χ1v) is 6.03. The monoisotopic (exact) mass is 235 g/mol. The zero-order chi connectivity index (χ0) is 12.8. The molecule has 0 saturated carbocycles. The van der Waals surface area contributed by atoms with Crippen LogP contribution in [0.5, 0.6) is 0 Å². The van der Waals surface area contributed by atoms with Gasteiger partial charge in [-0.2, -0.15) is 0 Å². The number of aryl methyl sites for hydroxylation is 2. The van der Waals surface area contributed by atoms with Crippen LogP contribution in [0.25, 0.3) is 0 Å². The van der Waals surface area contributed by atoms with Gasteiger partial charge in [-0.15, -0.1) is 0 Å². The van der Waals surface area contributed by atoms with Crippen LogP contribution < -0.4 is 5.32 Å². The number of benzene rings is 1. The smallest absolute Gasteiger partial charge is 0.225 e. The minimum absolute atomic E-state index is 0.0757. The SMILES string of the molecule is CCC(CO)C(=O)NCc1ccc(C)c(C)c1. The van der Waals surface area contributed by atoms with Crippen LogP contribution in [0.2, 0.25) is 0 Å². The van der Waals surface area contributed by atoms with Crippen LogP contribution in [0.4, 0.5) is 0 Å². The molecular weight excluding hydrogens is 214 g/mol. The molecule has 0 heterocycles. The van der Waals surface area contributed by atoms with Crippen molar-refractivity contribution in [2.24, 2.45) is 5.92 Å². The van der Waals surface area contributed by atoms with Crippen molar-refractivity contribution in [3.05, 3.63) is 34.9 Å². The fraction of sp³-hybridized carbons (Fsp3) is 0.500.